The van der Waals surface area contributed by atoms with Crippen molar-refractivity contribution in [2.45, 2.75) is 32.9 Å². The Morgan fingerprint density at radius 2 is 1.81 bits per heavy atom. The zero-order valence-corrected chi connectivity index (χ0v) is 11.8. The van der Waals surface area contributed by atoms with Crippen molar-refractivity contribution in [2.75, 3.05) is 13.2 Å². The van der Waals surface area contributed by atoms with Crippen molar-refractivity contribution >= 4 is 15.9 Å². The summed E-state index contributed by atoms with van der Waals surface area (Å²) in [6.07, 6.45) is 0. The highest BCUT2D eigenvalue weighted by molar-refractivity contribution is 9.10. The van der Waals surface area contributed by atoms with Gasteiger partial charge in [0.05, 0.1) is 12.2 Å². The smallest absolute Gasteiger partial charge is 0.0599 e. The molecule has 0 saturated carbocycles. The molecule has 0 aliphatic carbocycles. The third kappa shape index (κ3) is 6.26. The summed E-state index contributed by atoms with van der Waals surface area (Å²) in [7, 11) is 0. The molecule has 1 rings (SSSR count). The zero-order valence-electron chi connectivity index (χ0n) is 10.2. The van der Waals surface area contributed by atoms with Gasteiger partial charge in [-0.1, -0.05) is 28.1 Å². The predicted molar refractivity (Wildman–Crippen MR) is 71.6 cm³/mol. The van der Waals surface area contributed by atoms with Gasteiger partial charge in [0.2, 0.25) is 0 Å². The molecule has 0 bridgehead atoms. The maximum Gasteiger partial charge on any atom is 0.0599 e. The SMILES string of the molecule is CC(C)(C)OCCNCc1ccc(Br)cc1. The van der Waals surface area contributed by atoms with Gasteiger partial charge in [-0.15, -0.1) is 0 Å². The van der Waals surface area contributed by atoms with Crippen LogP contribution < -0.4 is 5.32 Å². The second kappa shape index (κ2) is 6.38. The van der Waals surface area contributed by atoms with Crippen LogP contribution in [0.2, 0.25) is 0 Å². The lowest BCUT2D eigenvalue weighted by atomic mass is 10.2. The Kier molecular flexibility index (Phi) is 5.46. The minimum atomic E-state index is -0.0424. The van der Waals surface area contributed by atoms with E-state index in [9.17, 15) is 0 Å². The molecular formula is C13H20BrNO. The second-order valence-electron chi connectivity index (χ2n) is 4.76. The van der Waals surface area contributed by atoms with Gasteiger partial charge in [-0.05, 0) is 38.5 Å². The summed E-state index contributed by atoms with van der Waals surface area (Å²) in [5.74, 6) is 0. The molecule has 0 amide bonds. The molecule has 0 radical (unpaired) electrons. The molecule has 0 heterocycles. The van der Waals surface area contributed by atoms with Crippen molar-refractivity contribution in [3.05, 3.63) is 34.3 Å². The molecule has 0 fully saturated rings. The highest BCUT2D eigenvalue weighted by atomic mass is 79.9. The fraction of sp³-hybridized carbons (Fsp3) is 0.538. The maximum atomic E-state index is 5.62. The Balaban J connectivity index is 2.14. The first-order valence-electron chi connectivity index (χ1n) is 5.56. The van der Waals surface area contributed by atoms with Gasteiger partial charge in [0.1, 0.15) is 0 Å². The summed E-state index contributed by atoms with van der Waals surface area (Å²) in [5.41, 5.74) is 1.25. The topological polar surface area (TPSA) is 21.3 Å². The minimum Gasteiger partial charge on any atom is -0.375 e. The monoisotopic (exact) mass is 285 g/mol. The van der Waals surface area contributed by atoms with Crippen LogP contribution in [-0.4, -0.2) is 18.8 Å². The quantitative estimate of drug-likeness (QED) is 0.838. The molecule has 0 spiro atoms. The molecule has 2 nitrogen and oxygen atoms in total. The summed E-state index contributed by atoms with van der Waals surface area (Å²) in [6.45, 7) is 8.74. The van der Waals surface area contributed by atoms with Crippen molar-refractivity contribution < 1.29 is 4.74 Å². The van der Waals surface area contributed by atoms with E-state index in [0.29, 0.717) is 0 Å². The summed E-state index contributed by atoms with van der Waals surface area (Å²) < 4.78 is 6.73. The lowest BCUT2D eigenvalue weighted by Gasteiger charge is -2.19. The Labute approximate surface area is 107 Å². The van der Waals surface area contributed by atoms with Crippen molar-refractivity contribution in [2.24, 2.45) is 0 Å². The van der Waals surface area contributed by atoms with Gasteiger partial charge in [-0.3, -0.25) is 0 Å². The van der Waals surface area contributed by atoms with Crippen LogP contribution >= 0.6 is 15.9 Å². The highest BCUT2D eigenvalue weighted by Gasteiger charge is 2.08. The van der Waals surface area contributed by atoms with E-state index in [4.69, 9.17) is 4.74 Å². The summed E-state index contributed by atoms with van der Waals surface area (Å²) in [6, 6.07) is 8.34. The molecule has 3 heteroatoms. The lowest BCUT2D eigenvalue weighted by molar-refractivity contribution is -0.000885. The van der Waals surface area contributed by atoms with E-state index in [1.54, 1.807) is 0 Å². The number of hydrogen-bond donors (Lipinski definition) is 1. The molecule has 90 valence electrons. The van der Waals surface area contributed by atoms with E-state index in [1.807, 2.05) is 0 Å². The van der Waals surface area contributed by atoms with Gasteiger partial charge in [0.25, 0.3) is 0 Å². The fourth-order valence-corrected chi connectivity index (χ4v) is 1.53. The first kappa shape index (κ1) is 13.7. The van der Waals surface area contributed by atoms with E-state index >= 15 is 0 Å². The molecule has 16 heavy (non-hydrogen) atoms. The number of hydrogen-bond acceptors (Lipinski definition) is 2. The van der Waals surface area contributed by atoms with E-state index in [-0.39, 0.29) is 5.60 Å². The molecule has 0 unspecified atom stereocenters. The molecule has 0 aromatic heterocycles. The Hall–Kier alpha value is -0.380. The molecule has 0 saturated heterocycles. The van der Waals surface area contributed by atoms with Gasteiger partial charge in [-0.25, -0.2) is 0 Å². The average Bonchev–Trinajstić information content (AvgIpc) is 2.19. The second-order valence-corrected chi connectivity index (χ2v) is 5.68. The highest BCUT2D eigenvalue weighted by Crippen LogP contribution is 2.10. The summed E-state index contributed by atoms with van der Waals surface area (Å²) >= 11 is 3.42. The van der Waals surface area contributed by atoms with Crippen LogP contribution in [0.25, 0.3) is 0 Å². The lowest BCUT2D eigenvalue weighted by Crippen LogP contribution is -2.26. The Morgan fingerprint density at radius 1 is 1.19 bits per heavy atom. The standard InChI is InChI=1S/C13H20BrNO/c1-13(2,3)16-9-8-15-10-11-4-6-12(14)7-5-11/h4-7,15H,8-10H2,1-3H3. The van der Waals surface area contributed by atoms with Gasteiger partial charge in [0, 0.05) is 17.6 Å². The molecule has 1 N–H and O–H groups in total. The third-order valence-electron chi connectivity index (χ3n) is 2.06. The molecule has 0 aliphatic rings. The number of halogens is 1. The molecule has 1 aromatic carbocycles. The van der Waals surface area contributed by atoms with Crippen LogP contribution in [0.3, 0.4) is 0 Å². The van der Waals surface area contributed by atoms with Crippen LogP contribution in [0.5, 0.6) is 0 Å². The number of rotatable bonds is 5. The third-order valence-corrected chi connectivity index (χ3v) is 2.58. The number of ether oxygens (including phenoxy) is 1. The van der Waals surface area contributed by atoms with Gasteiger partial charge < -0.3 is 10.1 Å². The van der Waals surface area contributed by atoms with Crippen LogP contribution in [0.1, 0.15) is 26.3 Å². The van der Waals surface area contributed by atoms with E-state index in [1.165, 1.54) is 5.56 Å². The largest absolute Gasteiger partial charge is 0.375 e. The van der Waals surface area contributed by atoms with Gasteiger partial charge in [0.15, 0.2) is 0 Å². The number of nitrogens with one attached hydrogen (secondary N) is 1. The van der Waals surface area contributed by atoms with E-state index in [2.05, 4.69) is 66.3 Å². The molecular weight excluding hydrogens is 266 g/mol. The maximum absolute atomic E-state index is 5.62. The van der Waals surface area contributed by atoms with Crippen LogP contribution in [0, 0.1) is 0 Å². The van der Waals surface area contributed by atoms with Crippen LogP contribution in [-0.2, 0) is 11.3 Å². The van der Waals surface area contributed by atoms with Crippen molar-refractivity contribution in [3.63, 3.8) is 0 Å². The molecule has 0 aliphatic heterocycles. The van der Waals surface area contributed by atoms with Crippen LogP contribution in [0.15, 0.2) is 28.7 Å². The fourth-order valence-electron chi connectivity index (χ4n) is 1.26. The molecule has 1 aromatic rings. The van der Waals surface area contributed by atoms with Crippen molar-refractivity contribution in [1.82, 2.24) is 5.32 Å². The van der Waals surface area contributed by atoms with E-state index < -0.39 is 0 Å². The predicted octanol–water partition coefficient (Wildman–Crippen LogP) is 3.35. The Morgan fingerprint density at radius 3 is 2.38 bits per heavy atom. The first-order valence-corrected chi connectivity index (χ1v) is 6.36. The van der Waals surface area contributed by atoms with Gasteiger partial charge >= 0.3 is 0 Å². The normalized spacial score (nSPS) is 11.8. The first-order chi connectivity index (χ1) is 7.47. The zero-order chi connectivity index (χ0) is 12.0. The average molecular weight is 286 g/mol. The van der Waals surface area contributed by atoms with Crippen LogP contribution in [0.4, 0.5) is 0 Å². The number of benzene rings is 1. The summed E-state index contributed by atoms with van der Waals surface area (Å²) in [4.78, 5) is 0. The van der Waals surface area contributed by atoms with E-state index in [0.717, 1.165) is 24.2 Å². The summed E-state index contributed by atoms with van der Waals surface area (Å²) in [5, 5.41) is 3.35. The van der Waals surface area contributed by atoms with Crippen molar-refractivity contribution in [1.29, 1.82) is 0 Å². The Bertz CT molecular complexity index is 303. The van der Waals surface area contributed by atoms with Gasteiger partial charge in [-0.2, -0.15) is 0 Å². The van der Waals surface area contributed by atoms with Crippen molar-refractivity contribution in [3.8, 4) is 0 Å². The molecule has 0 atom stereocenters. The minimum absolute atomic E-state index is 0.0424.